The third-order valence-corrected chi connectivity index (χ3v) is 4.76. The molecule has 8 heteroatoms. The molecule has 1 aliphatic heterocycles. The molecule has 0 aliphatic carbocycles. The number of carbonyl (C=O) groups is 2. The number of rotatable bonds is 7. The predicted molar refractivity (Wildman–Crippen MR) is 114 cm³/mol. The van der Waals surface area contributed by atoms with Gasteiger partial charge in [-0.05, 0) is 35.9 Å². The van der Waals surface area contributed by atoms with Gasteiger partial charge in [0.05, 0.1) is 40.1 Å². The Morgan fingerprint density at radius 2 is 1.65 bits per heavy atom. The number of amides is 1. The van der Waals surface area contributed by atoms with Crippen LogP contribution < -0.4 is 18.9 Å². The van der Waals surface area contributed by atoms with Gasteiger partial charge < -0.3 is 28.6 Å². The fourth-order valence-corrected chi connectivity index (χ4v) is 3.04. The van der Waals surface area contributed by atoms with E-state index in [9.17, 15) is 9.59 Å². The van der Waals surface area contributed by atoms with Crippen molar-refractivity contribution < 1.29 is 33.3 Å². The Labute approximate surface area is 180 Å². The first kappa shape index (κ1) is 22.2. The lowest BCUT2D eigenvalue weighted by Crippen LogP contribution is -2.42. The lowest BCUT2D eigenvalue weighted by molar-refractivity contribution is 0.0415. The Morgan fingerprint density at radius 1 is 0.903 bits per heavy atom. The molecule has 3 rings (SSSR count). The number of allylic oxidation sites excluding steroid dienone is 1. The van der Waals surface area contributed by atoms with E-state index in [0.717, 1.165) is 5.56 Å². The van der Waals surface area contributed by atoms with E-state index in [2.05, 4.69) is 0 Å². The number of benzene rings is 2. The maximum Gasteiger partial charge on any atom is 0.415 e. The topological polar surface area (TPSA) is 83.5 Å². The maximum absolute atomic E-state index is 12.9. The summed E-state index contributed by atoms with van der Waals surface area (Å²) in [6.07, 6.45) is 2.53. The lowest BCUT2D eigenvalue weighted by atomic mass is 10.1. The van der Waals surface area contributed by atoms with Crippen LogP contribution in [0.4, 0.5) is 4.79 Å². The van der Waals surface area contributed by atoms with Gasteiger partial charge in [-0.3, -0.25) is 4.79 Å². The summed E-state index contributed by atoms with van der Waals surface area (Å²) in [7, 11) is 4.60. The van der Waals surface area contributed by atoms with E-state index in [1.807, 2.05) is 0 Å². The number of ether oxygens (including phenoxy) is 5. The molecule has 8 nitrogen and oxygen atoms in total. The summed E-state index contributed by atoms with van der Waals surface area (Å²) in [6, 6.07) is 10.1. The Balaban J connectivity index is 1.81. The molecule has 0 spiro atoms. The third-order valence-electron chi connectivity index (χ3n) is 4.76. The molecule has 0 bridgehead atoms. The molecule has 2 aromatic rings. The maximum atomic E-state index is 12.9. The molecule has 1 amide bonds. The van der Waals surface area contributed by atoms with Gasteiger partial charge in [-0.25, -0.2) is 4.79 Å². The second kappa shape index (κ2) is 10.5. The number of methoxy groups -OCH3 is 3. The fourth-order valence-electron chi connectivity index (χ4n) is 3.04. The third kappa shape index (κ3) is 5.55. The van der Waals surface area contributed by atoms with Gasteiger partial charge in [-0.1, -0.05) is 12.1 Å². The molecule has 1 saturated heterocycles. The fraction of sp³-hybridized carbons (Fsp3) is 0.304. The molecule has 1 fully saturated rings. The molecule has 0 saturated carbocycles. The van der Waals surface area contributed by atoms with Crippen LogP contribution in [0.25, 0.3) is 6.08 Å². The van der Waals surface area contributed by atoms with Gasteiger partial charge in [0.1, 0.15) is 11.5 Å². The van der Waals surface area contributed by atoms with Crippen LogP contribution in [0.1, 0.15) is 15.9 Å². The van der Waals surface area contributed by atoms with E-state index in [-0.39, 0.29) is 17.1 Å². The van der Waals surface area contributed by atoms with Crippen molar-refractivity contribution in [2.75, 3.05) is 47.6 Å². The monoisotopic (exact) mass is 427 g/mol. The molecule has 164 valence electrons. The second-order valence-electron chi connectivity index (χ2n) is 6.64. The van der Waals surface area contributed by atoms with Crippen LogP contribution in [0.2, 0.25) is 0 Å². The van der Waals surface area contributed by atoms with Gasteiger partial charge >= 0.3 is 6.09 Å². The lowest BCUT2D eigenvalue weighted by Gasteiger charge is -2.26. The number of nitrogens with zero attached hydrogens (tertiary/aromatic N) is 1. The molecule has 0 unspecified atom stereocenters. The number of hydrogen-bond acceptors (Lipinski definition) is 7. The van der Waals surface area contributed by atoms with Crippen molar-refractivity contribution in [2.24, 2.45) is 0 Å². The van der Waals surface area contributed by atoms with Crippen molar-refractivity contribution in [3.63, 3.8) is 0 Å². The molecular weight excluding hydrogens is 402 g/mol. The number of carbonyl (C=O) groups excluding carboxylic acids is 2. The standard InChI is InChI=1S/C23H25NO7/c1-27-17-6-7-18(21(15-17)31-23(26)24-10-12-30-13-11-24)19(25)8-4-16-5-9-20(28-2)22(14-16)29-3/h4-9,14-15H,10-13H2,1-3H3/b8-4+. The molecule has 1 heterocycles. The summed E-state index contributed by atoms with van der Waals surface area (Å²) in [6.45, 7) is 1.77. The van der Waals surface area contributed by atoms with Crippen molar-refractivity contribution in [3.8, 4) is 23.0 Å². The number of ketones is 1. The second-order valence-corrected chi connectivity index (χ2v) is 6.64. The van der Waals surface area contributed by atoms with Crippen LogP contribution in [0.15, 0.2) is 42.5 Å². The van der Waals surface area contributed by atoms with E-state index in [1.165, 1.54) is 24.2 Å². The summed E-state index contributed by atoms with van der Waals surface area (Å²) in [5.74, 6) is 1.45. The molecule has 0 radical (unpaired) electrons. The van der Waals surface area contributed by atoms with Gasteiger partial charge in [-0.15, -0.1) is 0 Å². The highest BCUT2D eigenvalue weighted by Crippen LogP contribution is 2.29. The molecule has 0 N–H and O–H groups in total. The van der Waals surface area contributed by atoms with Crippen LogP contribution in [-0.2, 0) is 4.74 Å². The molecule has 0 atom stereocenters. The van der Waals surface area contributed by atoms with Crippen LogP contribution in [0.5, 0.6) is 23.0 Å². The van der Waals surface area contributed by atoms with Crippen molar-refractivity contribution in [1.29, 1.82) is 0 Å². The van der Waals surface area contributed by atoms with Crippen LogP contribution in [-0.4, -0.2) is 64.4 Å². The summed E-state index contributed by atoms with van der Waals surface area (Å²) in [4.78, 5) is 26.9. The van der Waals surface area contributed by atoms with Gasteiger partial charge in [0, 0.05) is 19.2 Å². The first-order chi connectivity index (χ1) is 15.0. The number of hydrogen-bond donors (Lipinski definition) is 0. The summed E-state index contributed by atoms with van der Waals surface area (Å²) < 4.78 is 26.5. The largest absolute Gasteiger partial charge is 0.497 e. The average Bonchev–Trinajstić information content (AvgIpc) is 2.82. The van der Waals surface area contributed by atoms with Gasteiger partial charge in [0.15, 0.2) is 17.3 Å². The Morgan fingerprint density at radius 3 is 2.32 bits per heavy atom. The van der Waals surface area contributed by atoms with Crippen LogP contribution in [0, 0.1) is 0 Å². The summed E-state index contributed by atoms with van der Waals surface area (Å²) in [5.41, 5.74) is 1.01. The van der Waals surface area contributed by atoms with E-state index in [0.29, 0.717) is 43.6 Å². The molecule has 1 aliphatic rings. The van der Waals surface area contributed by atoms with E-state index < -0.39 is 6.09 Å². The highest BCUT2D eigenvalue weighted by atomic mass is 16.6. The highest BCUT2D eigenvalue weighted by molar-refractivity contribution is 6.09. The normalized spacial score (nSPS) is 13.7. The van der Waals surface area contributed by atoms with Crippen LogP contribution in [0.3, 0.4) is 0 Å². The zero-order chi connectivity index (χ0) is 22.2. The highest BCUT2D eigenvalue weighted by Gasteiger charge is 2.21. The zero-order valence-electron chi connectivity index (χ0n) is 17.8. The first-order valence-corrected chi connectivity index (χ1v) is 9.72. The summed E-state index contributed by atoms with van der Waals surface area (Å²) in [5, 5.41) is 0. The van der Waals surface area contributed by atoms with Gasteiger partial charge in [0.25, 0.3) is 0 Å². The zero-order valence-corrected chi connectivity index (χ0v) is 17.8. The van der Waals surface area contributed by atoms with Crippen molar-refractivity contribution in [3.05, 3.63) is 53.6 Å². The SMILES string of the molecule is COc1ccc(C(=O)/C=C/c2ccc(OC)c(OC)c2)c(OC(=O)N2CCOCC2)c1. The van der Waals surface area contributed by atoms with Crippen LogP contribution >= 0.6 is 0 Å². The quantitative estimate of drug-likeness (QED) is 0.494. The van der Waals surface area contributed by atoms with Gasteiger partial charge in [0.2, 0.25) is 0 Å². The molecule has 2 aromatic carbocycles. The van der Waals surface area contributed by atoms with E-state index >= 15 is 0 Å². The molecule has 31 heavy (non-hydrogen) atoms. The Kier molecular flexibility index (Phi) is 7.50. The Hall–Kier alpha value is -3.52. The predicted octanol–water partition coefficient (Wildman–Crippen LogP) is 3.44. The van der Waals surface area contributed by atoms with Crippen molar-refractivity contribution in [2.45, 2.75) is 0 Å². The Bertz CT molecular complexity index is 964. The molecular formula is C23H25NO7. The van der Waals surface area contributed by atoms with Crippen molar-refractivity contribution >= 4 is 18.0 Å². The van der Waals surface area contributed by atoms with Gasteiger partial charge in [-0.2, -0.15) is 0 Å². The van der Waals surface area contributed by atoms with E-state index in [4.69, 9.17) is 23.7 Å². The summed E-state index contributed by atoms with van der Waals surface area (Å²) >= 11 is 0. The van der Waals surface area contributed by atoms with E-state index in [1.54, 1.807) is 50.6 Å². The first-order valence-electron chi connectivity index (χ1n) is 9.72. The van der Waals surface area contributed by atoms with Crippen molar-refractivity contribution in [1.82, 2.24) is 4.90 Å². The minimum absolute atomic E-state index is 0.137. The minimum Gasteiger partial charge on any atom is -0.497 e. The molecule has 0 aromatic heterocycles. The number of morpholine rings is 1. The smallest absolute Gasteiger partial charge is 0.415 e. The minimum atomic E-state index is -0.533. The average molecular weight is 427 g/mol.